The van der Waals surface area contributed by atoms with E-state index in [1.54, 1.807) is 31.2 Å². The van der Waals surface area contributed by atoms with Crippen LogP contribution in [0.3, 0.4) is 0 Å². The van der Waals surface area contributed by atoms with Crippen LogP contribution in [0.1, 0.15) is 26.5 Å². The second-order valence-electron chi connectivity index (χ2n) is 5.67. The van der Waals surface area contributed by atoms with Gasteiger partial charge in [0.1, 0.15) is 5.58 Å². The van der Waals surface area contributed by atoms with E-state index >= 15 is 0 Å². The van der Waals surface area contributed by atoms with Crippen molar-refractivity contribution in [2.24, 2.45) is 0 Å². The Kier molecular flexibility index (Phi) is 4.04. The molecular formula is C18H13BrN2O5. The van der Waals surface area contributed by atoms with Gasteiger partial charge in [-0.1, -0.05) is 15.9 Å². The molecule has 1 aliphatic rings. The average molecular weight is 417 g/mol. The lowest BCUT2D eigenvalue weighted by atomic mass is 10.1. The number of rotatable bonds is 2. The molecule has 26 heavy (non-hydrogen) atoms. The number of hydrazine groups is 1. The first-order valence-corrected chi connectivity index (χ1v) is 8.51. The molecule has 0 bridgehead atoms. The van der Waals surface area contributed by atoms with Crippen molar-refractivity contribution in [1.29, 1.82) is 0 Å². The van der Waals surface area contributed by atoms with Crippen molar-refractivity contribution in [3.63, 3.8) is 0 Å². The van der Waals surface area contributed by atoms with E-state index in [1.807, 2.05) is 12.1 Å². The predicted octanol–water partition coefficient (Wildman–Crippen LogP) is 3.31. The first-order chi connectivity index (χ1) is 12.5. The monoisotopic (exact) mass is 416 g/mol. The number of carbonyl (C=O) groups is 2. The van der Waals surface area contributed by atoms with Crippen LogP contribution < -0.4 is 20.3 Å². The van der Waals surface area contributed by atoms with Crippen LogP contribution in [0.2, 0.25) is 0 Å². The summed E-state index contributed by atoms with van der Waals surface area (Å²) in [5.41, 5.74) is 6.35. The van der Waals surface area contributed by atoms with Gasteiger partial charge in [0.15, 0.2) is 17.3 Å². The summed E-state index contributed by atoms with van der Waals surface area (Å²) < 4.78 is 16.9. The van der Waals surface area contributed by atoms with E-state index in [2.05, 4.69) is 26.8 Å². The molecule has 0 saturated carbocycles. The van der Waals surface area contributed by atoms with Gasteiger partial charge in [-0.05, 0) is 43.3 Å². The third-order valence-electron chi connectivity index (χ3n) is 4.03. The molecule has 0 unspecified atom stereocenters. The van der Waals surface area contributed by atoms with Gasteiger partial charge in [-0.15, -0.1) is 0 Å². The van der Waals surface area contributed by atoms with Crippen molar-refractivity contribution in [2.75, 3.05) is 6.79 Å². The summed E-state index contributed by atoms with van der Waals surface area (Å²) >= 11 is 3.39. The van der Waals surface area contributed by atoms with Gasteiger partial charge in [-0.2, -0.15) is 0 Å². The standard InChI is InChI=1S/C18H13BrN2O5/c1-9-12-7-11(19)3-5-13(12)26-16(9)18(23)21-20-17(22)10-2-4-14-15(6-10)25-8-24-14/h2-7H,8H2,1H3,(H,20,22)(H,21,23). The number of aryl methyl sites for hydroxylation is 1. The molecule has 3 aromatic rings. The maximum atomic E-state index is 12.4. The van der Waals surface area contributed by atoms with Crippen molar-refractivity contribution >= 4 is 38.7 Å². The fraction of sp³-hybridized carbons (Fsp3) is 0.111. The van der Waals surface area contributed by atoms with Gasteiger partial charge in [0, 0.05) is 21.0 Å². The van der Waals surface area contributed by atoms with Crippen molar-refractivity contribution < 1.29 is 23.5 Å². The smallest absolute Gasteiger partial charge is 0.305 e. The molecule has 0 atom stereocenters. The summed E-state index contributed by atoms with van der Waals surface area (Å²) in [7, 11) is 0. The summed E-state index contributed by atoms with van der Waals surface area (Å²) in [5, 5.41) is 0.826. The first kappa shape index (κ1) is 16.5. The fourth-order valence-electron chi connectivity index (χ4n) is 2.69. The van der Waals surface area contributed by atoms with E-state index < -0.39 is 11.8 Å². The lowest BCUT2D eigenvalue weighted by Gasteiger charge is -2.07. The van der Waals surface area contributed by atoms with E-state index in [0.29, 0.717) is 28.2 Å². The number of nitrogens with one attached hydrogen (secondary N) is 2. The molecule has 0 saturated heterocycles. The number of fused-ring (bicyclic) bond motifs is 2. The maximum absolute atomic E-state index is 12.4. The zero-order chi connectivity index (χ0) is 18.3. The van der Waals surface area contributed by atoms with Crippen LogP contribution >= 0.6 is 15.9 Å². The Morgan fingerprint density at radius 3 is 2.62 bits per heavy atom. The molecule has 1 aromatic heterocycles. The zero-order valence-corrected chi connectivity index (χ0v) is 15.2. The second-order valence-corrected chi connectivity index (χ2v) is 6.59. The fourth-order valence-corrected chi connectivity index (χ4v) is 3.05. The molecule has 1 aliphatic heterocycles. The van der Waals surface area contributed by atoms with Crippen LogP contribution in [0.25, 0.3) is 11.0 Å². The second kappa shape index (κ2) is 6.38. The van der Waals surface area contributed by atoms with Gasteiger partial charge in [0.05, 0.1) is 0 Å². The van der Waals surface area contributed by atoms with Crippen LogP contribution in [0.5, 0.6) is 11.5 Å². The summed E-state index contributed by atoms with van der Waals surface area (Å²) in [6.45, 7) is 1.91. The van der Waals surface area contributed by atoms with Crippen LogP contribution in [0.4, 0.5) is 0 Å². The Bertz CT molecular complexity index is 1040. The number of amides is 2. The van der Waals surface area contributed by atoms with Crippen molar-refractivity contribution in [3.05, 3.63) is 57.8 Å². The van der Waals surface area contributed by atoms with Gasteiger partial charge < -0.3 is 13.9 Å². The number of hydrogen-bond donors (Lipinski definition) is 2. The normalized spacial score (nSPS) is 12.2. The Morgan fingerprint density at radius 2 is 1.77 bits per heavy atom. The minimum atomic E-state index is -0.538. The molecule has 0 fully saturated rings. The highest BCUT2D eigenvalue weighted by atomic mass is 79.9. The van der Waals surface area contributed by atoms with Gasteiger partial charge >= 0.3 is 5.91 Å². The van der Waals surface area contributed by atoms with Gasteiger partial charge in [0.2, 0.25) is 6.79 Å². The van der Waals surface area contributed by atoms with Crippen LogP contribution in [-0.2, 0) is 0 Å². The van der Waals surface area contributed by atoms with E-state index in [-0.39, 0.29) is 12.6 Å². The Morgan fingerprint density at radius 1 is 1.00 bits per heavy atom. The summed E-state index contributed by atoms with van der Waals surface area (Å²) in [5.74, 6) is 0.193. The van der Waals surface area contributed by atoms with Crippen LogP contribution in [-0.4, -0.2) is 18.6 Å². The molecule has 2 aromatic carbocycles. The Labute approximate surface area is 156 Å². The lowest BCUT2D eigenvalue weighted by Crippen LogP contribution is -2.41. The largest absolute Gasteiger partial charge is 0.454 e. The predicted molar refractivity (Wildman–Crippen MR) is 96.1 cm³/mol. The summed E-state index contributed by atoms with van der Waals surface area (Å²) in [6, 6.07) is 10.2. The topological polar surface area (TPSA) is 89.8 Å². The minimum absolute atomic E-state index is 0.124. The lowest BCUT2D eigenvalue weighted by molar-refractivity contribution is 0.0831. The molecule has 0 aliphatic carbocycles. The van der Waals surface area contributed by atoms with E-state index in [4.69, 9.17) is 13.9 Å². The molecule has 0 radical (unpaired) electrons. The zero-order valence-electron chi connectivity index (χ0n) is 13.6. The molecule has 4 rings (SSSR count). The first-order valence-electron chi connectivity index (χ1n) is 7.72. The Balaban J connectivity index is 1.48. The number of halogens is 1. The third-order valence-corrected chi connectivity index (χ3v) is 4.52. The molecule has 8 heteroatoms. The molecule has 0 spiro atoms. The number of carbonyl (C=O) groups excluding carboxylic acids is 2. The number of hydrogen-bond acceptors (Lipinski definition) is 5. The number of ether oxygens (including phenoxy) is 2. The van der Waals surface area contributed by atoms with Crippen molar-refractivity contribution in [2.45, 2.75) is 6.92 Å². The highest BCUT2D eigenvalue weighted by Gasteiger charge is 2.20. The van der Waals surface area contributed by atoms with E-state index in [0.717, 1.165) is 9.86 Å². The average Bonchev–Trinajstić information content (AvgIpc) is 3.23. The van der Waals surface area contributed by atoms with Crippen molar-refractivity contribution in [3.8, 4) is 11.5 Å². The van der Waals surface area contributed by atoms with Gasteiger partial charge in [0.25, 0.3) is 5.91 Å². The SMILES string of the molecule is Cc1c(C(=O)NNC(=O)c2ccc3c(c2)OCO3)oc2ccc(Br)cc12. The highest BCUT2D eigenvalue weighted by Crippen LogP contribution is 2.32. The summed E-state index contributed by atoms with van der Waals surface area (Å²) in [4.78, 5) is 24.6. The molecule has 132 valence electrons. The number of benzene rings is 2. The third kappa shape index (κ3) is 2.88. The van der Waals surface area contributed by atoms with E-state index in [1.165, 1.54) is 0 Å². The van der Waals surface area contributed by atoms with Gasteiger partial charge in [-0.25, -0.2) is 0 Å². The minimum Gasteiger partial charge on any atom is -0.454 e. The molecule has 2 N–H and O–H groups in total. The quantitative estimate of drug-likeness (QED) is 0.625. The maximum Gasteiger partial charge on any atom is 0.305 e. The highest BCUT2D eigenvalue weighted by molar-refractivity contribution is 9.10. The van der Waals surface area contributed by atoms with Gasteiger partial charge in [-0.3, -0.25) is 20.4 Å². The van der Waals surface area contributed by atoms with Crippen LogP contribution in [0, 0.1) is 6.92 Å². The Hall–Kier alpha value is -3.00. The van der Waals surface area contributed by atoms with Crippen molar-refractivity contribution in [1.82, 2.24) is 10.9 Å². The number of furan rings is 1. The van der Waals surface area contributed by atoms with E-state index in [9.17, 15) is 9.59 Å². The summed E-state index contributed by atoms with van der Waals surface area (Å²) in [6.07, 6.45) is 0. The molecule has 2 amide bonds. The van der Waals surface area contributed by atoms with Crippen LogP contribution in [0.15, 0.2) is 45.3 Å². The molecular weight excluding hydrogens is 404 g/mol. The molecule has 2 heterocycles. The molecule has 7 nitrogen and oxygen atoms in total.